The summed E-state index contributed by atoms with van der Waals surface area (Å²) < 4.78 is 5.34. The van der Waals surface area contributed by atoms with Crippen molar-refractivity contribution in [1.29, 1.82) is 0 Å². The van der Waals surface area contributed by atoms with Crippen LogP contribution in [0.2, 0.25) is 0 Å². The monoisotopic (exact) mass is 248 g/mol. The molecule has 1 fully saturated rings. The van der Waals surface area contributed by atoms with Crippen molar-refractivity contribution in [2.24, 2.45) is 0 Å². The number of hydrogen-bond donors (Lipinski definition) is 1. The molecule has 18 heavy (non-hydrogen) atoms. The van der Waals surface area contributed by atoms with Gasteiger partial charge in [0.1, 0.15) is 0 Å². The third-order valence-corrected chi connectivity index (χ3v) is 3.41. The summed E-state index contributed by atoms with van der Waals surface area (Å²) in [5.74, 6) is 0. The van der Waals surface area contributed by atoms with Crippen LogP contribution in [0.15, 0.2) is 30.3 Å². The smallest absolute Gasteiger partial charge is 0.0594 e. The van der Waals surface area contributed by atoms with E-state index in [2.05, 4.69) is 47.5 Å². The van der Waals surface area contributed by atoms with Gasteiger partial charge in [-0.15, -0.1) is 0 Å². The Bertz CT molecular complexity index is 323. The Morgan fingerprint density at radius 1 is 1.22 bits per heavy atom. The number of nitrogens with one attached hydrogen (secondary N) is 1. The van der Waals surface area contributed by atoms with Crippen LogP contribution in [-0.2, 0) is 11.2 Å². The molecule has 1 aromatic rings. The van der Waals surface area contributed by atoms with Crippen LogP contribution >= 0.6 is 0 Å². The average molecular weight is 248 g/mol. The maximum absolute atomic E-state index is 5.34. The van der Waals surface area contributed by atoms with Crippen molar-refractivity contribution < 1.29 is 4.74 Å². The number of nitrogens with zero attached hydrogens (tertiary/aromatic N) is 1. The lowest BCUT2D eigenvalue weighted by atomic mass is 10.1. The van der Waals surface area contributed by atoms with Crippen molar-refractivity contribution in [3.05, 3.63) is 35.9 Å². The summed E-state index contributed by atoms with van der Waals surface area (Å²) in [6.07, 6.45) is 1.10. The molecule has 0 unspecified atom stereocenters. The fraction of sp³-hybridized carbons (Fsp3) is 0.600. The lowest BCUT2D eigenvalue weighted by Gasteiger charge is -2.27. The highest BCUT2D eigenvalue weighted by Crippen LogP contribution is 2.02. The molecule has 3 nitrogen and oxygen atoms in total. The van der Waals surface area contributed by atoms with Crippen LogP contribution in [0.1, 0.15) is 12.5 Å². The maximum Gasteiger partial charge on any atom is 0.0594 e. The fourth-order valence-corrected chi connectivity index (χ4v) is 2.33. The highest BCUT2D eigenvalue weighted by molar-refractivity contribution is 5.15. The van der Waals surface area contributed by atoms with Crippen molar-refractivity contribution in [2.75, 3.05) is 39.4 Å². The van der Waals surface area contributed by atoms with E-state index in [1.54, 1.807) is 0 Å². The van der Waals surface area contributed by atoms with E-state index in [4.69, 9.17) is 4.74 Å². The molecule has 1 aromatic carbocycles. The predicted molar refractivity (Wildman–Crippen MR) is 74.9 cm³/mol. The highest BCUT2D eigenvalue weighted by atomic mass is 16.5. The van der Waals surface area contributed by atoms with E-state index in [0.29, 0.717) is 6.04 Å². The Labute approximate surface area is 110 Å². The summed E-state index contributed by atoms with van der Waals surface area (Å²) in [5, 5.41) is 3.60. The first-order valence-electron chi connectivity index (χ1n) is 6.92. The summed E-state index contributed by atoms with van der Waals surface area (Å²) >= 11 is 0. The quantitative estimate of drug-likeness (QED) is 0.826. The Morgan fingerprint density at radius 2 is 1.94 bits per heavy atom. The molecule has 2 rings (SSSR count). The fourth-order valence-electron chi connectivity index (χ4n) is 2.33. The van der Waals surface area contributed by atoms with Gasteiger partial charge in [0.05, 0.1) is 13.2 Å². The van der Waals surface area contributed by atoms with Crippen LogP contribution in [0.5, 0.6) is 0 Å². The van der Waals surface area contributed by atoms with Crippen molar-refractivity contribution >= 4 is 0 Å². The minimum absolute atomic E-state index is 0.536. The Balaban J connectivity index is 1.61. The molecule has 1 heterocycles. The Morgan fingerprint density at radius 3 is 2.67 bits per heavy atom. The molecule has 1 aliphatic rings. The van der Waals surface area contributed by atoms with E-state index < -0.39 is 0 Å². The summed E-state index contributed by atoms with van der Waals surface area (Å²) in [7, 11) is 0. The third-order valence-electron chi connectivity index (χ3n) is 3.41. The molecule has 100 valence electrons. The molecule has 0 amide bonds. The van der Waals surface area contributed by atoms with E-state index in [0.717, 1.165) is 45.8 Å². The van der Waals surface area contributed by atoms with Crippen LogP contribution in [-0.4, -0.2) is 50.3 Å². The van der Waals surface area contributed by atoms with E-state index in [-0.39, 0.29) is 0 Å². The number of rotatable bonds is 6. The molecule has 3 heteroatoms. The molecule has 0 radical (unpaired) electrons. The largest absolute Gasteiger partial charge is 0.379 e. The maximum atomic E-state index is 5.34. The van der Waals surface area contributed by atoms with Gasteiger partial charge in [0.25, 0.3) is 0 Å². The second kappa shape index (κ2) is 7.52. The van der Waals surface area contributed by atoms with Crippen LogP contribution < -0.4 is 5.32 Å². The van der Waals surface area contributed by atoms with Crippen LogP contribution in [0.4, 0.5) is 0 Å². The molecule has 0 aromatic heterocycles. The van der Waals surface area contributed by atoms with Gasteiger partial charge in [-0.3, -0.25) is 4.90 Å². The second-order valence-corrected chi connectivity index (χ2v) is 5.00. The lowest BCUT2D eigenvalue weighted by Crippen LogP contribution is -2.42. The number of benzene rings is 1. The van der Waals surface area contributed by atoms with Gasteiger partial charge in [-0.2, -0.15) is 0 Å². The van der Waals surface area contributed by atoms with Crippen LogP contribution in [0.25, 0.3) is 0 Å². The normalized spacial score (nSPS) is 18.7. The number of ether oxygens (including phenoxy) is 1. The van der Waals surface area contributed by atoms with Crippen LogP contribution in [0.3, 0.4) is 0 Å². The number of morpholine rings is 1. The first kappa shape index (κ1) is 13.5. The minimum Gasteiger partial charge on any atom is -0.379 e. The first-order valence-corrected chi connectivity index (χ1v) is 6.92. The van der Waals surface area contributed by atoms with E-state index in [9.17, 15) is 0 Å². The second-order valence-electron chi connectivity index (χ2n) is 5.00. The van der Waals surface area contributed by atoms with Gasteiger partial charge in [-0.05, 0) is 18.9 Å². The Hall–Kier alpha value is -0.900. The number of hydrogen-bond acceptors (Lipinski definition) is 3. The highest BCUT2D eigenvalue weighted by Gasteiger charge is 2.10. The zero-order chi connectivity index (χ0) is 12.6. The zero-order valence-corrected chi connectivity index (χ0v) is 11.3. The van der Waals surface area contributed by atoms with Gasteiger partial charge < -0.3 is 10.1 Å². The summed E-state index contributed by atoms with van der Waals surface area (Å²) in [4.78, 5) is 2.46. The Kier molecular flexibility index (Phi) is 5.65. The van der Waals surface area contributed by atoms with Gasteiger partial charge in [0, 0.05) is 32.2 Å². The van der Waals surface area contributed by atoms with Gasteiger partial charge >= 0.3 is 0 Å². The summed E-state index contributed by atoms with van der Waals surface area (Å²) in [6, 6.07) is 11.2. The lowest BCUT2D eigenvalue weighted by molar-refractivity contribution is 0.0382. The SMILES string of the molecule is C[C@H](Cc1ccccc1)NCCN1CCOCC1. The van der Waals surface area contributed by atoms with Crippen molar-refractivity contribution in [1.82, 2.24) is 10.2 Å². The van der Waals surface area contributed by atoms with Gasteiger partial charge in [0.2, 0.25) is 0 Å². The zero-order valence-electron chi connectivity index (χ0n) is 11.3. The van der Waals surface area contributed by atoms with Gasteiger partial charge in [0.15, 0.2) is 0 Å². The molecular formula is C15H24N2O. The van der Waals surface area contributed by atoms with Gasteiger partial charge in [-0.25, -0.2) is 0 Å². The summed E-state index contributed by atoms with van der Waals surface area (Å²) in [6.45, 7) is 8.38. The molecule has 1 aliphatic heterocycles. The minimum atomic E-state index is 0.536. The molecule has 1 atom stereocenters. The molecule has 0 aliphatic carbocycles. The van der Waals surface area contributed by atoms with Crippen LogP contribution in [0, 0.1) is 0 Å². The topological polar surface area (TPSA) is 24.5 Å². The first-order chi connectivity index (χ1) is 8.84. The molecule has 0 saturated carbocycles. The summed E-state index contributed by atoms with van der Waals surface area (Å²) in [5.41, 5.74) is 1.41. The van der Waals surface area contributed by atoms with Crippen molar-refractivity contribution in [3.8, 4) is 0 Å². The molecule has 1 saturated heterocycles. The van der Waals surface area contributed by atoms with Crippen molar-refractivity contribution in [2.45, 2.75) is 19.4 Å². The third kappa shape index (κ3) is 4.77. The molecular weight excluding hydrogens is 224 g/mol. The average Bonchev–Trinajstić information content (AvgIpc) is 2.41. The molecule has 1 N–H and O–H groups in total. The molecule has 0 bridgehead atoms. The van der Waals surface area contributed by atoms with E-state index in [1.807, 2.05) is 0 Å². The molecule has 0 spiro atoms. The van der Waals surface area contributed by atoms with E-state index >= 15 is 0 Å². The standard InChI is InChI=1S/C15H24N2O/c1-14(13-15-5-3-2-4-6-15)16-7-8-17-9-11-18-12-10-17/h2-6,14,16H,7-13H2,1H3/t14-/m1/s1. The predicted octanol–water partition coefficient (Wildman–Crippen LogP) is 1.54. The van der Waals surface area contributed by atoms with Crippen molar-refractivity contribution in [3.63, 3.8) is 0 Å². The van der Waals surface area contributed by atoms with E-state index in [1.165, 1.54) is 5.56 Å². The van der Waals surface area contributed by atoms with Gasteiger partial charge in [-0.1, -0.05) is 30.3 Å².